The van der Waals surface area contributed by atoms with Gasteiger partial charge in [-0.05, 0) is 66.7 Å². The number of carbonyl (C=O) groups is 5. The number of guanidine groups is 1. The summed E-state index contributed by atoms with van der Waals surface area (Å²) >= 11 is 0. The highest BCUT2D eigenvalue weighted by atomic mass is 32.2. The van der Waals surface area contributed by atoms with Crippen LogP contribution in [-0.4, -0.2) is 115 Å². The van der Waals surface area contributed by atoms with Gasteiger partial charge in [-0.15, -0.1) is 4.99 Å². The standard InChI is InChI=1S/C49H56N6O10S/c56-44-42(32-41-25-15-26-53(33-41)46(50-47(58)64-35-39-21-9-3-10-22-39)51-48(59)65-36-40-23-11-4-12-24-40)43(45(57)63-34-38-19-7-2-8-20-38)55(44)49(60)52-27-29-54(30-28-52)66(61,62)31-14-13-18-37-16-5-1-6-17-37/h1-12,16-17,19-24,41-43H,13-15,18,25-36H2,(H,50,51,58,59)/t41?,42-,43?/m1/s1. The molecule has 3 saturated heterocycles. The van der Waals surface area contributed by atoms with Crippen LogP contribution >= 0.6 is 0 Å². The molecule has 0 aromatic heterocycles. The first-order valence-corrected chi connectivity index (χ1v) is 24.0. The van der Waals surface area contributed by atoms with Gasteiger partial charge in [-0.1, -0.05) is 121 Å². The fourth-order valence-corrected chi connectivity index (χ4v) is 9.99. The molecule has 0 radical (unpaired) electrons. The Morgan fingerprint density at radius 2 is 1.20 bits per heavy atom. The molecule has 3 fully saturated rings. The van der Waals surface area contributed by atoms with Crippen molar-refractivity contribution < 1.29 is 46.6 Å². The van der Waals surface area contributed by atoms with Gasteiger partial charge in [0.2, 0.25) is 21.9 Å². The number of urea groups is 1. The quantitative estimate of drug-likeness (QED) is 0.0349. The van der Waals surface area contributed by atoms with Crippen molar-refractivity contribution in [2.75, 3.05) is 45.0 Å². The monoisotopic (exact) mass is 920 g/mol. The summed E-state index contributed by atoms with van der Waals surface area (Å²) in [6, 6.07) is 35.2. The molecule has 0 saturated carbocycles. The first-order valence-electron chi connectivity index (χ1n) is 22.4. The summed E-state index contributed by atoms with van der Waals surface area (Å²) in [7, 11) is -3.57. The van der Waals surface area contributed by atoms with E-state index in [9.17, 15) is 32.4 Å². The minimum Gasteiger partial charge on any atom is -0.459 e. The summed E-state index contributed by atoms with van der Waals surface area (Å²) in [6.07, 6.45) is 1.67. The molecule has 348 valence electrons. The average molecular weight is 921 g/mol. The number of ether oxygens (including phenoxy) is 3. The Morgan fingerprint density at radius 1 is 0.652 bits per heavy atom. The van der Waals surface area contributed by atoms with Gasteiger partial charge in [0, 0.05) is 39.3 Å². The van der Waals surface area contributed by atoms with Crippen LogP contribution in [0.3, 0.4) is 0 Å². The van der Waals surface area contributed by atoms with E-state index >= 15 is 0 Å². The summed E-state index contributed by atoms with van der Waals surface area (Å²) in [5, 5.41) is 2.62. The Hall–Kier alpha value is -6.59. The van der Waals surface area contributed by atoms with Crippen LogP contribution in [-0.2, 0) is 60.1 Å². The topological polar surface area (TPSA) is 185 Å². The van der Waals surface area contributed by atoms with E-state index in [1.165, 1.54) is 9.21 Å². The summed E-state index contributed by atoms with van der Waals surface area (Å²) < 4.78 is 44.5. The molecule has 3 atom stereocenters. The molecule has 1 N–H and O–H groups in total. The lowest BCUT2D eigenvalue weighted by molar-refractivity contribution is -0.172. The third kappa shape index (κ3) is 13.0. The number of imide groups is 1. The Morgan fingerprint density at radius 3 is 1.79 bits per heavy atom. The second-order valence-electron chi connectivity index (χ2n) is 16.6. The van der Waals surface area contributed by atoms with Crippen molar-refractivity contribution in [3.8, 4) is 0 Å². The van der Waals surface area contributed by atoms with Crippen molar-refractivity contribution in [2.45, 2.75) is 64.4 Å². The summed E-state index contributed by atoms with van der Waals surface area (Å²) in [5.74, 6) is -2.49. The molecule has 7 rings (SSSR count). The van der Waals surface area contributed by atoms with Crippen molar-refractivity contribution in [1.82, 2.24) is 24.3 Å². The number of aliphatic imine (C=N–C) groups is 1. The van der Waals surface area contributed by atoms with Gasteiger partial charge in [0.15, 0.2) is 6.04 Å². The Labute approximate surface area is 385 Å². The first-order chi connectivity index (χ1) is 32.0. The van der Waals surface area contributed by atoms with E-state index in [4.69, 9.17) is 14.2 Å². The minimum atomic E-state index is -3.57. The smallest absolute Gasteiger partial charge is 0.437 e. The number of sulfonamides is 1. The fraction of sp³-hybridized carbons (Fsp3) is 0.388. The van der Waals surface area contributed by atoms with Crippen LogP contribution in [0.4, 0.5) is 14.4 Å². The van der Waals surface area contributed by atoms with E-state index in [-0.39, 0.29) is 76.6 Å². The van der Waals surface area contributed by atoms with E-state index in [0.29, 0.717) is 25.8 Å². The zero-order chi connectivity index (χ0) is 46.3. The lowest BCUT2D eigenvalue weighted by atomic mass is 9.78. The number of hydrogen-bond donors (Lipinski definition) is 1. The predicted molar refractivity (Wildman–Crippen MR) is 245 cm³/mol. The van der Waals surface area contributed by atoms with Gasteiger partial charge >= 0.3 is 24.2 Å². The number of nitrogens with zero attached hydrogens (tertiary/aromatic N) is 5. The number of aryl methyl sites for hydroxylation is 1. The maximum absolute atomic E-state index is 14.1. The Bertz CT molecular complexity index is 2400. The van der Waals surface area contributed by atoms with E-state index in [1.54, 1.807) is 29.2 Å². The number of piperazine rings is 1. The summed E-state index contributed by atoms with van der Waals surface area (Å²) in [5.41, 5.74) is 3.39. The van der Waals surface area contributed by atoms with E-state index in [2.05, 4.69) is 10.3 Å². The lowest BCUT2D eigenvalue weighted by Crippen LogP contribution is -2.70. The molecule has 3 aliphatic heterocycles. The van der Waals surface area contributed by atoms with Crippen molar-refractivity contribution >= 4 is 46.1 Å². The minimum absolute atomic E-state index is 0.00586. The molecule has 0 spiro atoms. The second-order valence-corrected chi connectivity index (χ2v) is 18.7. The van der Waals surface area contributed by atoms with Crippen LogP contribution in [0.15, 0.2) is 126 Å². The van der Waals surface area contributed by atoms with E-state index in [0.717, 1.165) is 40.0 Å². The zero-order valence-corrected chi connectivity index (χ0v) is 37.6. The van der Waals surface area contributed by atoms with Gasteiger partial charge in [-0.2, -0.15) is 4.31 Å². The number of unbranched alkanes of at least 4 members (excludes halogenated alkanes) is 1. The molecule has 4 aromatic rings. The molecule has 3 heterocycles. The third-order valence-corrected chi connectivity index (χ3v) is 13.9. The predicted octanol–water partition coefficient (Wildman–Crippen LogP) is 6.37. The molecule has 17 heteroatoms. The van der Waals surface area contributed by atoms with Gasteiger partial charge in [-0.3, -0.25) is 10.1 Å². The molecule has 2 unspecified atom stereocenters. The first kappa shape index (κ1) is 47.4. The second kappa shape index (κ2) is 23.0. The van der Waals surface area contributed by atoms with Crippen molar-refractivity contribution in [3.05, 3.63) is 144 Å². The largest absolute Gasteiger partial charge is 0.459 e. The van der Waals surface area contributed by atoms with Gasteiger partial charge in [0.25, 0.3) is 0 Å². The zero-order valence-electron chi connectivity index (χ0n) is 36.8. The normalized spacial score (nSPS) is 19.1. The average Bonchev–Trinajstić information content (AvgIpc) is 3.35. The number of benzene rings is 4. The van der Waals surface area contributed by atoms with Gasteiger partial charge < -0.3 is 24.0 Å². The third-order valence-electron chi connectivity index (χ3n) is 12.0. The SMILES string of the molecule is O=C(/N=C(\NC(=O)OCc1ccccc1)N1CCCC(C[C@H]2C(=O)N(C(=O)N3CCN(S(=O)(=O)CCCCc4ccccc4)CC3)C2C(=O)OCc2ccccc2)C1)OCc1ccccc1. The molecule has 0 aliphatic carbocycles. The number of likely N-dealkylation sites (tertiary alicyclic amines) is 2. The molecule has 66 heavy (non-hydrogen) atoms. The molecule has 16 nitrogen and oxygen atoms in total. The van der Waals surface area contributed by atoms with E-state index in [1.807, 2.05) is 97.1 Å². The van der Waals surface area contributed by atoms with Gasteiger partial charge in [0.1, 0.15) is 19.8 Å². The Balaban J connectivity index is 0.999. The van der Waals surface area contributed by atoms with Gasteiger partial charge in [0.05, 0.1) is 11.7 Å². The van der Waals surface area contributed by atoms with Crippen LogP contribution in [0.1, 0.15) is 54.4 Å². The highest BCUT2D eigenvalue weighted by molar-refractivity contribution is 7.89. The maximum atomic E-state index is 14.1. The van der Waals surface area contributed by atoms with Crippen molar-refractivity contribution in [3.63, 3.8) is 0 Å². The number of hydrogen-bond acceptors (Lipinski definition) is 10. The molecule has 5 amide bonds. The van der Waals surface area contributed by atoms with Gasteiger partial charge in [-0.25, -0.2) is 32.5 Å². The van der Waals surface area contributed by atoms with Crippen LogP contribution in [0.2, 0.25) is 0 Å². The molecule has 4 aromatic carbocycles. The van der Waals surface area contributed by atoms with Crippen LogP contribution in [0, 0.1) is 11.8 Å². The number of nitrogens with one attached hydrogen (secondary N) is 1. The van der Waals surface area contributed by atoms with Crippen LogP contribution < -0.4 is 5.32 Å². The number of piperidine rings is 1. The molecule has 3 aliphatic rings. The highest BCUT2D eigenvalue weighted by Crippen LogP contribution is 2.37. The number of carbonyl (C=O) groups excluding carboxylic acids is 5. The summed E-state index contributed by atoms with van der Waals surface area (Å²) in [4.78, 5) is 76.5. The van der Waals surface area contributed by atoms with Crippen molar-refractivity contribution in [2.24, 2.45) is 16.8 Å². The molecule has 0 bridgehead atoms. The number of esters is 1. The summed E-state index contributed by atoms with van der Waals surface area (Å²) in [6.45, 7) is 0.761. The lowest BCUT2D eigenvalue weighted by Gasteiger charge is -2.48. The number of alkyl carbamates (subject to hydrolysis) is 1. The number of rotatable bonds is 15. The van der Waals surface area contributed by atoms with Crippen molar-refractivity contribution in [1.29, 1.82) is 0 Å². The van der Waals surface area contributed by atoms with Crippen LogP contribution in [0.5, 0.6) is 0 Å². The van der Waals surface area contributed by atoms with Crippen LogP contribution in [0.25, 0.3) is 0 Å². The molecular weight excluding hydrogens is 865 g/mol. The van der Waals surface area contributed by atoms with E-state index < -0.39 is 52.1 Å². The highest BCUT2D eigenvalue weighted by Gasteiger charge is 2.57. The fourth-order valence-electron chi connectivity index (χ4n) is 8.45. The number of β-lactam (4-membered cyclic amide) rings is 1. The Kier molecular flexibility index (Phi) is 16.5. The maximum Gasteiger partial charge on any atom is 0.437 e. The number of amides is 5. The molecular formula is C49H56N6O10S.